The molecule has 3 rings (SSSR count). The number of imide groups is 1. The molecule has 0 aliphatic carbocycles. The Labute approximate surface area is 143 Å². The molecule has 1 aliphatic heterocycles. The molecule has 9 heteroatoms. The van der Waals surface area contributed by atoms with Gasteiger partial charge in [0, 0.05) is 18.2 Å². The number of carbonyl (C=O) groups excluding carboxylic acids is 2. The molecule has 7 nitrogen and oxygen atoms in total. The average Bonchev–Trinajstić information content (AvgIpc) is 3.05. The Morgan fingerprint density at radius 2 is 1.83 bits per heavy atom. The summed E-state index contributed by atoms with van der Waals surface area (Å²) in [6.45, 7) is 3.44. The van der Waals surface area contributed by atoms with E-state index in [9.17, 15) is 18.0 Å². The second-order valence-corrected chi connectivity index (χ2v) is 8.01. The van der Waals surface area contributed by atoms with Crippen LogP contribution in [0.1, 0.15) is 24.1 Å². The summed E-state index contributed by atoms with van der Waals surface area (Å²) >= 11 is 1.20. The van der Waals surface area contributed by atoms with Gasteiger partial charge in [0.15, 0.2) is 5.13 Å². The zero-order valence-electron chi connectivity index (χ0n) is 13.1. The molecule has 2 aromatic rings. The van der Waals surface area contributed by atoms with E-state index < -0.39 is 10.0 Å². The van der Waals surface area contributed by atoms with Crippen LogP contribution in [0.5, 0.6) is 0 Å². The Balaban J connectivity index is 1.91. The van der Waals surface area contributed by atoms with E-state index in [2.05, 4.69) is 9.71 Å². The SMILES string of the molecule is Cc1csc(NS(=O)(=O)c2ccc(N3C(=O)CCC3=O)c(C)c2)n1. The van der Waals surface area contributed by atoms with E-state index >= 15 is 0 Å². The Kier molecular flexibility index (Phi) is 4.14. The van der Waals surface area contributed by atoms with E-state index in [1.807, 2.05) is 0 Å². The number of hydrogen-bond donors (Lipinski definition) is 1. The molecule has 1 saturated heterocycles. The van der Waals surface area contributed by atoms with Crippen LogP contribution in [0.4, 0.5) is 10.8 Å². The van der Waals surface area contributed by atoms with Gasteiger partial charge in [-0.25, -0.2) is 13.4 Å². The van der Waals surface area contributed by atoms with E-state index in [1.165, 1.54) is 29.5 Å². The number of rotatable bonds is 4. The molecule has 0 radical (unpaired) electrons. The first kappa shape index (κ1) is 16.6. The van der Waals surface area contributed by atoms with Crippen LogP contribution < -0.4 is 9.62 Å². The lowest BCUT2D eigenvalue weighted by atomic mass is 10.2. The Hall–Kier alpha value is -2.26. The zero-order chi connectivity index (χ0) is 17.5. The van der Waals surface area contributed by atoms with Gasteiger partial charge >= 0.3 is 0 Å². The highest BCUT2D eigenvalue weighted by atomic mass is 32.2. The molecule has 0 spiro atoms. The largest absolute Gasteiger partial charge is 0.274 e. The normalized spacial score (nSPS) is 15.2. The maximum Gasteiger partial charge on any atom is 0.263 e. The van der Waals surface area contributed by atoms with Crippen molar-refractivity contribution in [1.82, 2.24) is 4.98 Å². The molecule has 1 aromatic heterocycles. The number of carbonyl (C=O) groups is 2. The van der Waals surface area contributed by atoms with Crippen LogP contribution in [0.25, 0.3) is 0 Å². The van der Waals surface area contributed by atoms with Crippen molar-refractivity contribution in [3.8, 4) is 0 Å². The molecule has 1 fully saturated rings. The first-order valence-corrected chi connectivity index (χ1v) is 9.55. The van der Waals surface area contributed by atoms with Crippen molar-refractivity contribution in [1.29, 1.82) is 0 Å². The molecule has 1 N–H and O–H groups in total. The standard InChI is InChI=1S/C15H15N3O4S2/c1-9-7-11(24(21,22)17-15-16-10(2)8-23-15)3-4-12(9)18-13(19)5-6-14(18)20/h3-4,7-8H,5-6H2,1-2H3,(H,16,17). The zero-order valence-corrected chi connectivity index (χ0v) is 14.7. The van der Waals surface area contributed by atoms with Crippen LogP contribution in [0, 0.1) is 13.8 Å². The van der Waals surface area contributed by atoms with Crippen LogP contribution >= 0.6 is 11.3 Å². The summed E-state index contributed by atoms with van der Waals surface area (Å²) in [6.07, 6.45) is 0.368. The molecule has 0 unspecified atom stereocenters. The van der Waals surface area contributed by atoms with E-state index in [4.69, 9.17) is 0 Å². The molecule has 1 aliphatic rings. The number of anilines is 2. The van der Waals surface area contributed by atoms with Crippen LogP contribution in [0.2, 0.25) is 0 Å². The van der Waals surface area contributed by atoms with Crippen molar-refractivity contribution >= 4 is 44.0 Å². The maximum atomic E-state index is 12.4. The van der Waals surface area contributed by atoms with Crippen molar-refractivity contribution in [2.75, 3.05) is 9.62 Å². The fraction of sp³-hybridized carbons (Fsp3) is 0.267. The third-order valence-corrected chi connectivity index (χ3v) is 5.95. The third kappa shape index (κ3) is 3.04. The third-order valence-electron chi connectivity index (χ3n) is 3.61. The Bertz CT molecular complexity index is 918. The second-order valence-electron chi connectivity index (χ2n) is 5.47. The lowest BCUT2D eigenvalue weighted by molar-refractivity contribution is -0.121. The van der Waals surface area contributed by atoms with Crippen molar-refractivity contribution in [2.45, 2.75) is 31.6 Å². The van der Waals surface area contributed by atoms with E-state index in [0.717, 1.165) is 10.6 Å². The number of benzene rings is 1. The molecule has 24 heavy (non-hydrogen) atoms. The average molecular weight is 365 g/mol. The summed E-state index contributed by atoms with van der Waals surface area (Å²) < 4.78 is 27.3. The Morgan fingerprint density at radius 1 is 1.17 bits per heavy atom. The molecule has 2 amide bonds. The van der Waals surface area contributed by atoms with Gasteiger partial charge in [0.2, 0.25) is 11.8 Å². The van der Waals surface area contributed by atoms with Gasteiger partial charge < -0.3 is 0 Å². The lowest BCUT2D eigenvalue weighted by Crippen LogP contribution is -2.29. The number of sulfonamides is 1. The van der Waals surface area contributed by atoms with E-state index in [1.54, 1.807) is 19.2 Å². The van der Waals surface area contributed by atoms with Crippen LogP contribution in [-0.4, -0.2) is 25.2 Å². The number of aromatic nitrogens is 1. The van der Waals surface area contributed by atoms with Crippen LogP contribution in [0.15, 0.2) is 28.5 Å². The first-order valence-electron chi connectivity index (χ1n) is 7.19. The quantitative estimate of drug-likeness (QED) is 0.838. The second kappa shape index (κ2) is 5.99. The van der Waals surface area contributed by atoms with Gasteiger partial charge in [0.05, 0.1) is 16.3 Å². The van der Waals surface area contributed by atoms with Crippen molar-refractivity contribution < 1.29 is 18.0 Å². The molecular formula is C15H15N3O4S2. The highest BCUT2D eigenvalue weighted by Gasteiger charge is 2.31. The topological polar surface area (TPSA) is 96.4 Å². The van der Waals surface area contributed by atoms with Gasteiger partial charge in [-0.05, 0) is 37.6 Å². The monoisotopic (exact) mass is 365 g/mol. The minimum atomic E-state index is -3.78. The maximum absolute atomic E-state index is 12.4. The molecule has 0 bridgehead atoms. The summed E-state index contributed by atoms with van der Waals surface area (Å²) in [5.41, 5.74) is 1.69. The number of thiazole rings is 1. The number of nitrogens with one attached hydrogen (secondary N) is 1. The molecule has 0 atom stereocenters. The van der Waals surface area contributed by atoms with Crippen molar-refractivity contribution in [2.24, 2.45) is 0 Å². The predicted octanol–water partition coefficient (Wildman–Crippen LogP) is 2.21. The smallest absolute Gasteiger partial charge is 0.263 e. The fourth-order valence-electron chi connectivity index (χ4n) is 2.47. The number of aryl methyl sites for hydroxylation is 2. The lowest BCUT2D eigenvalue weighted by Gasteiger charge is -2.17. The summed E-state index contributed by atoms with van der Waals surface area (Å²) in [5, 5.41) is 2.04. The summed E-state index contributed by atoms with van der Waals surface area (Å²) in [7, 11) is -3.78. The number of hydrogen-bond acceptors (Lipinski definition) is 6. The highest BCUT2D eigenvalue weighted by Crippen LogP contribution is 2.29. The molecule has 126 valence electrons. The Morgan fingerprint density at radius 3 is 2.38 bits per heavy atom. The van der Waals surface area contributed by atoms with Gasteiger partial charge in [-0.2, -0.15) is 0 Å². The van der Waals surface area contributed by atoms with Crippen molar-refractivity contribution in [3.05, 3.63) is 34.8 Å². The van der Waals surface area contributed by atoms with Gasteiger partial charge in [-0.1, -0.05) is 0 Å². The van der Waals surface area contributed by atoms with Crippen molar-refractivity contribution in [3.63, 3.8) is 0 Å². The summed E-state index contributed by atoms with van der Waals surface area (Å²) in [4.78, 5) is 28.9. The highest BCUT2D eigenvalue weighted by molar-refractivity contribution is 7.93. The van der Waals surface area contributed by atoms with Crippen LogP contribution in [0.3, 0.4) is 0 Å². The van der Waals surface area contributed by atoms with Gasteiger partial charge in [-0.3, -0.25) is 19.2 Å². The van der Waals surface area contributed by atoms with Gasteiger partial charge in [0.25, 0.3) is 10.0 Å². The predicted molar refractivity (Wildman–Crippen MR) is 90.6 cm³/mol. The minimum absolute atomic E-state index is 0.0516. The summed E-state index contributed by atoms with van der Waals surface area (Å²) in [6, 6.07) is 4.30. The first-order chi connectivity index (χ1) is 11.3. The van der Waals surface area contributed by atoms with Gasteiger partial charge in [-0.15, -0.1) is 11.3 Å². The van der Waals surface area contributed by atoms with E-state index in [0.29, 0.717) is 16.4 Å². The fourth-order valence-corrected chi connectivity index (χ4v) is 4.49. The minimum Gasteiger partial charge on any atom is -0.274 e. The molecular weight excluding hydrogens is 350 g/mol. The van der Waals surface area contributed by atoms with Crippen LogP contribution in [-0.2, 0) is 19.6 Å². The number of amides is 2. The molecule has 2 heterocycles. The van der Waals surface area contributed by atoms with Gasteiger partial charge in [0.1, 0.15) is 0 Å². The van der Waals surface area contributed by atoms with E-state index in [-0.39, 0.29) is 29.6 Å². The number of nitrogens with zero attached hydrogens (tertiary/aromatic N) is 2. The molecule has 0 saturated carbocycles. The molecule has 1 aromatic carbocycles. The summed E-state index contributed by atoms with van der Waals surface area (Å²) in [5.74, 6) is -0.537.